The molecule has 0 heterocycles. The number of nitrogens with one attached hydrogen (secondary N) is 1. The second-order valence-electron chi connectivity index (χ2n) is 4.15. The molecule has 0 aliphatic carbocycles. The van der Waals surface area contributed by atoms with Crippen LogP contribution in [-0.4, -0.2) is 34.1 Å². The molecule has 6 heteroatoms. The molecule has 0 saturated carbocycles. The molecule has 0 aliphatic rings. The van der Waals surface area contributed by atoms with Gasteiger partial charge in [-0.25, -0.2) is 13.1 Å². The van der Waals surface area contributed by atoms with Crippen molar-refractivity contribution < 1.29 is 17.9 Å². The summed E-state index contributed by atoms with van der Waals surface area (Å²) in [4.78, 5) is 11.9. The Kier molecular flexibility index (Phi) is 4.48. The van der Waals surface area contributed by atoms with Gasteiger partial charge in [-0.1, -0.05) is 0 Å². The highest BCUT2D eigenvalue weighted by Gasteiger charge is 2.13. The van der Waals surface area contributed by atoms with Crippen LogP contribution in [0, 0.1) is 13.8 Å². The minimum Gasteiger partial charge on any atom is -0.496 e. The SMILES string of the molecule is COc1cc(C)c(C(=O)CNS(C)(=O)=O)cc1C. The molecular weight excluding hydrogens is 254 g/mol. The number of methoxy groups -OCH3 is 1. The first-order valence-electron chi connectivity index (χ1n) is 5.37. The van der Waals surface area contributed by atoms with E-state index < -0.39 is 10.0 Å². The lowest BCUT2D eigenvalue weighted by Crippen LogP contribution is -2.28. The lowest BCUT2D eigenvalue weighted by Gasteiger charge is -2.10. The molecule has 5 nitrogen and oxygen atoms in total. The Morgan fingerprint density at radius 3 is 2.39 bits per heavy atom. The molecule has 1 aromatic carbocycles. The number of carbonyl (C=O) groups excluding carboxylic acids is 1. The summed E-state index contributed by atoms with van der Waals surface area (Å²) in [6, 6.07) is 3.48. The molecule has 1 rings (SSSR count). The molecule has 0 unspecified atom stereocenters. The molecule has 0 radical (unpaired) electrons. The summed E-state index contributed by atoms with van der Waals surface area (Å²) in [6.07, 6.45) is 1.02. The quantitative estimate of drug-likeness (QED) is 0.812. The maximum absolute atomic E-state index is 11.9. The van der Waals surface area contributed by atoms with E-state index in [2.05, 4.69) is 4.72 Å². The molecule has 0 bridgehead atoms. The van der Waals surface area contributed by atoms with Crippen LogP contribution in [0.15, 0.2) is 12.1 Å². The maximum Gasteiger partial charge on any atom is 0.209 e. The Morgan fingerprint density at radius 1 is 1.28 bits per heavy atom. The van der Waals surface area contributed by atoms with Gasteiger partial charge >= 0.3 is 0 Å². The third-order valence-electron chi connectivity index (χ3n) is 2.54. The standard InChI is InChI=1S/C12H17NO4S/c1-8-6-12(17-3)9(2)5-10(8)11(14)7-13-18(4,15)16/h5-6,13H,7H2,1-4H3. The topological polar surface area (TPSA) is 72.5 Å². The lowest BCUT2D eigenvalue weighted by molar-refractivity contribution is 0.0996. The van der Waals surface area contributed by atoms with E-state index in [4.69, 9.17) is 4.74 Å². The highest BCUT2D eigenvalue weighted by atomic mass is 32.2. The van der Waals surface area contributed by atoms with Crippen LogP contribution in [0.3, 0.4) is 0 Å². The van der Waals surface area contributed by atoms with Gasteiger partial charge in [0.1, 0.15) is 5.75 Å². The molecule has 0 aliphatic heterocycles. The van der Waals surface area contributed by atoms with Gasteiger partial charge in [0.05, 0.1) is 19.9 Å². The summed E-state index contributed by atoms with van der Waals surface area (Å²) in [7, 11) is -1.79. The Balaban J connectivity index is 2.97. The van der Waals surface area contributed by atoms with Crippen LogP contribution in [0.4, 0.5) is 0 Å². The van der Waals surface area contributed by atoms with Crippen molar-refractivity contribution in [2.75, 3.05) is 19.9 Å². The predicted molar refractivity (Wildman–Crippen MR) is 69.6 cm³/mol. The minimum absolute atomic E-state index is 0.231. The molecule has 0 atom stereocenters. The average molecular weight is 271 g/mol. The largest absolute Gasteiger partial charge is 0.496 e. The lowest BCUT2D eigenvalue weighted by atomic mass is 10.0. The average Bonchev–Trinajstić information content (AvgIpc) is 2.27. The number of rotatable bonds is 5. The number of sulfonamides is 1. The summed E-state index contributed by atoms with van der Waals surface area (Å²) >= 11 is 0. The number of carbonyl (C=O) groups is 1. The van der Waals surface area contributed by atoms with E-state index in [1.807, 2.05) is 6.92 Å². The van der Waals surface area contributed by atoms with Crippen molar-refractivity contribution in [1.29, 1.82) is 0 Å². The fourth-order valence-corrected chi connectivity index (χ4v) is 2.00. The van der Waals surface area contributed by atoms with Crippen molar-refractivity contribution in [3.63, 3.8) is 0 Å². The first-order chi connectivity index (χ1) is 8.24. The number of benzene rings is 1. The van der Waals surface area contributed by atoms with Gasteiger partial charge < -0.3 is 4.74 Å². The van der Waals surface area contributed by atoms with Crippen LogP contribution in [0.1, 0.15) is 21.5 Å². The van der Waals surface area contributed by atoms with E-state index in [1.54, 1.807) is 26.2 Å². The van der Waals surface area contributed by atoms with Crippen LogP contribution >= 0.6 is 0 Å². The van der Waals surface area contributed by atoms with E-state index in [-0.39, 0.29) is 12.3 Å². The Bertz CT molecular complexity index is 564. The zero-order valence-corrected chi connectivity index (χ0v) is 11.7. The molecule has 1 N–H and O–H groups in total. The first kappa shape index (κ1) is 14.7. The number of ketones is 1. The third-order valence-corrected chi connectivity index (χ3v) is 3.21. The highest BCUT2D eigenvalue weighted by molar-refractivity contribution is 7.88. The molecule has 0 spiro atoms. The highest BCUT2D eigenvalue weighted by Crippen LogP contribution is 2.22. The zero-order chi connectivity index (χ0) is 13.9. The van der Waals surface area contributed by atoms with E-state index in [0.29, 0.717) is 11.3 Å². The van der Waals surface area contributed by atoms with Crippen LogP contribution in [0.25, 0.3) is 0 Å². The molecule has 0 aromatic heterocycles. The van der Waals surface area contributed by atoms with E-state index >= 15 is 0 Å². The van der Waals surface area contributed by atoms with Crippen LogP contribution in [0.2, 0.25) is 0 Å². The van der Waals surface area contributed by atoms with Gasteiger partial charge in [-0.15, -0.1) is 0 Å². The Morgan fingerprint density at radius 2 is 1.89 bits per heavy atom. The second-order valence-corrected chi connectivity index (χ2v) is 5.99. The van der Waals surface area contributed by atoms with Crippen molar-refractivity contribution >= 4 is 15.8 Å². The van der Waals surface area contributed by atoms with E-state index in [0.717, 1.165) is 17.4 Å². The van der Waals surface area contributed by atoms with Crippen molar-refractivity contribution in [3.8, 4) is 5.75 Å². The molecule has 18 heavy (non-hydrogen) atoms. The Hall–Kier alpha value is -1.40. The molecular formula is C12H17NO4S. The molecule has 1 aromatic rings. The van der Waals surface area contributed by atoms with Crippen molar-refractivity contribution in [3.05, 3.63) is 28.8 Å². The summed E-state index contributed by atoms with van der Waals surface area (Å²) in [5, 5.41) is 0. The second kappa shape index (κ2) is 5.49. The number of ether oxygens (including phenoxy) is 1. The molecule has 0 saturated heterocycles. The Labute approximate surface area is 107 Å². The molecule has 0 amide bonds. The number of hydrogen-bond acceptors (Lipinski definition) is 4. The predicted octanol–water partition coefficient (Wildman–Crippen LogP) is 1.04. The maximum atomic E-state index is 11.9. The van der Waals surface area contributed by atoms with Crippen molar-refractivity contribution in [2.45, 2.75) is 13.8 Å². The smallest absolute Gasteiger partial charge is 0.209 e. The van der Waals surface area contributed by atoms with Crippen LogP contribution in [0.5, 0.6) is 5.75 Å². The summed E-state index contributed by atoms with van der Waals surface area (Å²) in [5.41, 5.74) is 2.10. The third kappa shape index (κ3) is 3.82. The van der Waals surface area contributed by atoms with Gasteiger partial charge in [0.2, 0.25) is 10.0 Å². The number of Topliss-reactive ketones (excluding diaryl/α,β-unsaturated/α-hetero) is 1. The minimum atomic E-state index is -3.36. The normalized spacial score (nSPS) is 11.3. The van der Waals surface area contributed by atoms with Gasteiger partial charge in [0.25, 0.3) is 0 Å². The van der Waals surface area contributed by atoms with Gasteiger partial charge in [0, 0.05) is 5.56 Å². The fraction of sp³-hybridized carbons (Fsp3) is 0.417. The molecule has 100 valence electrons. The van der Waals surface area contributed by atoms with Gasteiger partial charge in [-0.2, -0.15) is 0 Å². The van der Waals surface area contributed by atoms with Crippen LogP contribution in [-0.2, 0) is 10.0 Å². The number of aryl methyl sites for hydroxylation is 2. The first-order valence-corrected chi connectivity index (χ1v) is 7.27. The number of hydrogen-bond donors (Lipinski definition) is 1. The van der Waals surface area contributed by atoms with Crippen LogP contribution < -0.4 is 9.46 Å². The summed E-state index contributed by atoms with van der Waals surface area (Å²) in [5.74, 6) is 0.448. The fourth-order valence-electron chi connectivity index (χ4n) is 1.60. The van der Waals surface area contributed by atoms with Gasteiger partial charge in [-0.05, 0) is 37.1 Å². The zero-order valence-electron chi connectivity index (χ0n) is 10.9. The molecule has 0 fully saturated rings. The van der Waals surface area contributed by atoms with E-state index in [1.165, 1.54) is 0 Å². The monoisotopic (exact) mass is 271 g/mol. The van der Waals surface area contributed by atoms with E-state index in [9.17, 15) is 13.2 Å². The van der Waals surface area contributed by atoms with Gasteiger partial charge in [-0.3, -0.25) is 4.79 Å². The van der Waals surface area contributed by atoms with Gasteiger partial charge in [0.15, 0.2) is 5.78 Å². The summed E-state index contributed by atoms with van der Waals surface area (Å²) in [6.45, 7) is 3.39. The summed E-state index contributed by atoms with van der Waals surface area (Å²) < 4.78 is 29.2. The van der Waals surface area contributed by atoms with Crippen molar-refractivity contribution in [2.24, 2.45) is 0 Å². The van der Waals surface area contributed by atoms with Crippen molar-refractivity contribution in [1.82, 2.24) is 4.72 Å².